The number of benzene rings is 2. The van der Waals surface area contributed by atoms with Crippen molar-refractivity contribution < 1.29 is 9.59 Å². The molecule has 0 spiro atoms. The maximum atomic E-state index is 12.4. The number of carbonyl (C=O) groups is 2. The van der Waals surface area contributed by atoms with Crippen molar-refractivity contribution in [1.29, 1.82) is 0 Å². The van der Waals surface area contributed by atoms with Crippen molar-refractivity contribution in [2.24, 2.45) is 5.92 Å². The summed E-state index contributed by atoms with van der Waals surface area (Å²) in [7, 11) is 0. The Hall–Kier alpha value is -2.14. The Kier molecular flexibility index (Phi) is 5.00. The quantitative estimate of drug-likeness (QED) is 0.874. The summed E-state index contributed by atoms with van der Waals surface area (Å²) in [4.78, 5) is 26.4. The van der Waals surface area contributed by atoms with E-state index in [2.05, 4.69) is 21.2 Å². The summed E-state index contributed by atoms with van der Waals surface area (Å²) in [6, 6.07) is 15.6. The molecule has 124 valence electrons. The summed E-state index contributed by atoms with van der Waals surface area (Å²) in [6.07, 6.45) is 0.251. The van der Waals surface area contributed by atoms with Gasteiger partial charge in [-0.25, -0.2) is 0 Å². The molecule has 24 heavy (non-hydrogen) atoms. The second-order valence-electron chi connectivity index (χ2n) is 6.06. The van der Waals surface area contributed by atoms with Gasteiger partial charge in [-0.2, -0.15) is 0 Å². The first kappa shape index (κ1) is 16.7. The number of anilines is 1. The largest absolute Gasteiger partial charge is 0.352 e. The lowest BCUT2D eigenvalue weighted by atomic mass is 10.1. The lowest BCUT2D eigenvalue weighted by Crippen LogP contribution is -2.32. The highest BCUT2D eigenvalue weighted by Gasteiger charge is 2.35. The highest BCUT2D eigenvalue weighted by Crippen LogP contribution is 2.31. The predicted octanol–water partition coefficient (Wildman–Crippen LogP) is 3.43. The zero-order valence-corrected chi connectivity index (χ0v) is 15.0. The van der Waals surface area contributed by atoms with Gasteiger partial charge in [0.05, 0.1) is 11.6 Å². The van der Waals surface area contributed by atoms with Crippen molar-refractivity contribution in [3.63, 3.8) is 0 Å². The monoisotopic (exact) mass is 386 g/mol. The number of rotatable bonds is 4. The molecule has 1 unspecified atom stereocenters. The molecule has 3 rings (SSSR count). The summed E-state index contributed by atoms with van der Waals surface area (Å²) in [5, 5.41) is 2.95. The fourth-order valence-electron chi connectivity index (χ4n) is 2.94. The molecule has 1 heterocycles. The molecule has 5 heteroatoms. The topological polar surface area (TPSA) is 49.4 Å². The number of hydrogen-bond donors (Lipinski definition) is 1. The Morgan fingerprint density at radius 1 is 1.25 bits per heavy atom. The molecule has 1 fully saturated rings. The fraction of sp³-hybridized carbons (Fsp3) is 0.263. The van der Waals surface area contributed by atoms with Crippen molar-refractivity contribution in [3.05, 3.63) is 64.1 Å². The maximum absolute atomic E-state index is 12.4. The van der Waals surface area contributed by atoms with E-state index in [-0.39, 0.29) is 24.2 Å². The van der Waals surface area contributed by atoms with Gasteiger partial charge in [0.15, 0.2) is 0 Å². The van der Waals surface area contributed by atoms with E-state index in [0.717, 1.165) is 21.3 Å². The number of nitrogens with zero attached hydrogens (tertiary/aromatic N) is 1. The molecule has 0 saturated carbocycles. The average molecular weight is 387 g/mol. The summed E-state index contributed by atoms with van der Waals surface area (Å²) < 4.78 is 0.860. The Labute approximate surface area is 150 Å². The van der Waals surface area contributed by atoms with E-state index >= 15 is 0 Å². The molecular formula is C19H19BrN2O2. The first-order valence-corrected chi connectivity index (χ1v) is 8.72. The third kappa shape index (κ3) is 3.67. The van der Waals surface area contributed by atoms with E-state index < -0.39 is 0 Å². The van der Waals surface area contributed by atoms with Gasteiger partial charge in [0.2, 0.25) is 11.8 Å². The molecule has 2 aromatic carbocycles. The normalized spacial score (nSPS) is 17.2. The molecule has 1 aliphatic rings. The van der Waals surface area contributed by atoms with E-state index in [1.165, 1.54) is 0 Å². The third-order valence-electron chi connectivity index (χ3n) is 4.19. The van der Waals surface area contributed by atoms with Gasteiger partial charge in [-0.1, -0.05) is 42.0 Å². The van der Waals surface area contributed by atoms with E-state index in [9.17, 15) is 9.59 Å². The minimum absolute atomic E-state index is 0.0161. The maximum Gasteiger partial charge on any atom is 0.227 e. The molecule has 2 amide bonds. The van der Waals surface area contributed by atoms with Gasteiger partial charge in [0.25, 0.3) is 0 Å². The van der Waals surface area contributed by atoms with Crippen LogP contribution in [0.2, 0.25) is 0 Å². The van der Waals surface area contributed by atoms with Crippen LogP contribution in [0.3, 0.4) is 0 Å². The second-order valence-corrected chi connectivity index (χ2v) is 6.92. The highest BCUT2D eigenvalue weighted by atomic mass is 79.9. The zero-order valence-electron chi connectivity index (χ0n) is 13.5. The minimum atomic E-state index is -0.311. The standard InChI is InChI=1S/C19H19BrN2O2/c1-13-5-4-6-14(9-13)11-21-19(24)15-10-18(23)22(12-15)17-8-3-2-7-16(17)20/h2-9,15H,10-12H2,1H3,(H,21,24). The summed E-state index contributed by atoms with van der Waals surface area (Å²) in [5.41, 5.74) is 3.05. The number of carbonyl (C=O) groups excluding carboxylic acids is 2. The van der Waals surface area contributed by atoms with Crippen LogP contribution >= 0.6 is 15.9 Å². The number of amides is 2. The molecule has 1 N–H and O–H groups in total. The number of para-hydroxylation sites is 1. The smallest absolute Gasteiger partial charge is 0.227 e. The molecule has 2 aromatic rings. The average Bonchev–Trinajstić information content (AvgIpc) is 2.95. The van der Waals surface area contributed by atoms with Gasteiger partial charge in [0.1, 0.15) is 0 Å². The van der Waals surface area contributed by atoms with Crippen LogP contribution < -0.4 is 10.2 Å². The number of nitrogens with one attached hydrogen (secondary N) is 1. The van der Waals surface area contributed by atoms with E-state index in [1.807, 2.05) is 55.5 Å². The van der Waals surface area contributed by atoms with Crippen molar-refractivity contribution in [2.75, 3.05) is 11.4 Å². The molecule has 0 aromatic heterocycles. The van der Waals surface area contributed by atoms with Gasteiger partial charge in [-0.05, 0) is 40.5 Å². The summed E-state index contributed by atoms with van der Waals surface area (Å²) >= 11 is 3.46. The molecular weight excluding hydrogens is 368 g/mol. The third-order valence-corrected chi connectivity index (χ3v) is 4.86. The van der Waals surface area contributed by atoms with Crippen molar-refractivity contribution in [3.8, 4) is 0 Å². The van der Waals surface area contributed by atoms with Crippen LogP contribution in [0.5, 0.6) is 0 Å². The Morgan fingerprint density at radius 3 is 2.79 bits per heavy atom. The SMILES string of the molecule is Cc1cccc(CNC(=O)C2CC(=O)N(c3ccccc3Br)C2)c1. The fourth-order valence-corrected chi connectivity index (χ4v) is 3.44. The van der Waals surface area contributed by atoms with Crippen LogP contribution in [0.25, 0.3) is 0 Å². The molecule has 1 saturated heterocycles. The van der Waals surface area contributed by atoms with Gasteiger partial charge in [0, 0.05) is 24.0 Å². The van der Waals surface area contributed by atoms with Crippen LogP contribution in [0, 0.1) is 12.8 Å². The Morgan fingerprint density at radius 2 is 2.04 bits per heavy atom. The number of aryl methyl sites for hydroxylation is 1. The van der Waals surface area contributed by atoms with Gasteiger partial charge in [-0.3, -0.25) is 9.59 Å². The lowest BCUT2D eigenvalue weighted by molar-refractivity contribution is -0.126. The van der Waals surface area contributed by atoms with E-state index in [4.69, 9.17) is 0 Å². The highest BCUT2D eigenvalue weighted by molar-refractivity contribution is 9.10. The van der Waals surface area contributed by atoms with Crippen LogP contribution in [0.15, 0.2) is 53.0 Å². The van der Waals surface area contributed by atoms with Gasteiger partial charge >= 0.3 is 0 Å². The van der Waals surface area contributed by atoms with Crippen LogP contribution in [0.4, 0.5) is 5.69 Å². The molecule has 4 nitrogen and oxygen atoms in total. The van der Waals surface area contributed by atoms with Gasteiger partial charge < -0.3 is 10.2 Å². The first-order chi connectivity index (χ1) is 11.5. The predicted molar refractivity (Wildman–Crippen MR) is 97.6 cm³/mol. The van der Waals surface area contributed by atoms with Crippen LogP contribution in [-0.4, -0.2) is 18.4 Å². The van der Waals surface area contributed by atoms with Crippen molar-refractivity contribution in [1.82, 2.24) is 5.32 Å². The first-order valence-electron chi connectivity index (χ1n) is 7.93. The van der Waals surface area contributed by atoms with Crippen molar-refractivity contribution in [2.45, 2.75) is 19.9 Å². The van der Waals surface area contributed by atoms with E-state index in [0.29, 0.717) is 13.1 Å². The Bertz CT molecular complexity index is 775. The molecule has 0 aliphatic carbocycles. The second kappa shape index (κ2) is 7.18. The summed E-state index contributed by atoms with van der Waals surface area (Å²) in [6.45, 7) is 2.93. The zero-order chi connectivity index (χ0) is 17.1. The number of hydrogen-bond acceptors (Lipinski definition) is 2. The lowest BCUT2D eigenvalue weighted by Gasteiger charge is -2.18. The molecule has 0 radical (unpaired) electrons. The Balaban J connectivity index is 1.63. The molecule has 0 bridgehead atoms. The van der Waals surface area contributed by atoms with Crippen molar-refractivity contribution >= 4 is 33.4 Å². The van der Waals surface area contributed by atoms with Gasteiger partial charge in [-0.15, -0.1) is 0 Å². The molecule has 1 aliphatic heterocycles. The molecule has 1 atom stereocenters. The minimum Gasteiger partial charge on any atom is -0.352 e. The van der Waals surface area contributed by atoms with Crippen LogP contribution in [0.1, 0.15) is 17.5 Å². The number of halogens is 1. The van der Waals surface area contributed by atoms with E-state index in [1.54, 1.807) is 4.90 Å². The van der Waals surface area contributed by atoms with Crippen LogP contribution in [-0.2, 0) is 16.1 Å². The summed E-state index contributed by atoms with van der Waals surface area (Å²) in [5.74, 6) is -0.397.